The maximum absolute atomic E-state index is 13.7. The van der Waals surface area contributed by atoms with Crippen LogP contribution in [0.4, 0.5) is 17.1 Å². The molecule has 1 N–H and O–H groups in total. The Bertz CT molecular complexity index is 1300. The first-order valence-electron chi connectivity index (χ1n) is 11.8. The van der Waals surface area contributed by atoms with Crippen molar-refractivity contribution in [1.82, 2.24) is 0 Å². The van der Waals surface area contributed by atoms with Gasteiger partial charge in [0, 0.05) is 24.5 Å². The predicted molar refractivity (Wildman–Crippen MR) is 138 cm³/mol. The van der Waals surface area contributed by atoms with Gasteiger partial charge >= 0.3 is 0 Å². The second-order valence-electron chi connectivity index (χ2n) is 9.17. The highest BCUT2D eigenvalue weighted by Gasteiger charge is 2.41. The van der Waals surface area contributed by atoms with Crippen molar-refractivity contribution in [3.63, 3.8) is 0 Å². The van der Waals surface area contributed by atoms with E-state index in [4.69, 9.17) is 0 Å². The molecule has 1 saturated heterocycles. The Morgan fingerprint density at radius 2 is 1.47 bits per heavy atom. The number of anilines is 3. The fourth-order valence-corrected chi connectivity index (χ4v) is 4.90. The number of carbonyl (C=O) groups is 2. The van der Waals surface area contributed by atoms with Gasteiger partial charge in [-0.2, -0.15) is 0 Å². The molecule has 2 aliphatic rings. The van der Waals surface area contributed by atoms with Crippen molar-refractivity contribution < 1.29 is 9.59 Å². The number of para-hydroxylation sites is 1. The van der Waals surface area contributed by atoms with Crippen LogP contribution in [0.3, 0.4) is 0 Å². The van der Waals surface area contributed by atoms with Gasteiger partial charge in [0.2, 0.25) is 0 Å². The zero-order valence-electron chi connectivity index (χ0n) is 19.9. The smallest absolute Gasteiger partial charge is 0.282 e. The minimum atomic E-state index is -0.335. The number of rotatable bonds is 5. The van der Waals surface area contributed by atoms with E-state index in [1.807, 2.05) is 75.4 Å². The molecule has 3 aromatic carbocycles. The summed E-state index contributed by atoms with van der Waals surface area (Å²) in [6.07, 6.45) is 2.44. The van der Waals surface area contributed by atoms with Crippen molar-refractivity contribution in [2.24, 2.45) is 0 Å². The molecule has 3 aromatic rings. The van der Waals surface area contributed by atoms with Gasteiger partial charge in [0.15, 0.2) is 0 Å². The van der Waals surface area contributed by atoms with E-state index in [1.165, 1.54) is 23.4 Å². The van der Waals surface area contributed by atoms with E-state index in [0.29, 0.717) is 17.0 Å². The predicted octanol–water partition coefficient (Wildman–Crippen LogP) is 5.61. The van der Waals surface area contributed by atoms with Gasteiger partial charge in [0.25, 0.3) is 11.8 Å². The lowest BCUT2D eigenvalue weighted by Crippen LogP contribution is -2.33. The van der Waals surface area contributed by atoms with Gasteiger partial charge in [0.05, 0.1) is 11.3 Å². The molecule has 1 fully saturated rings. The van der Waals surface area contributed by atoms with Crippen molar-refractivity contribution in [3.8, 4) is 0 Å². The summed E-state index contributed by atoms with van der Waals surface area (Å²) in [5, 5.41) is 3.30. The highest BCUT2D eigenvalue weighted by Crippen LogP contribution is 2.36. The number of imide groups is 1. The highest BCUT2D eigenvalue weighted by molar-refractivity contribution is 6.46. The number of nitrogens with one attached hydrogen (secondary N) is 1. The molecule has 0 aliphatic carbocycles. The van der Waals surface area contributed by atoms with Crippen LogP contribution in [0.5, 0.6) is 0 Å². The van der Waals surface area contributed by atoms with Crippen LogP contribution in [0, 0.1) is 20.8 Å². The normalized spacial score (nSPS) is 16.1. The average molecular weight is 452 g/mol. The monoisotopic (exact) mass is 451 g/mol. The van der Waals surface area contributed by atoms with Crippen LogP contribution in [-0.4, -0.2) is 24.9 Å². The molecule has 5 heteroatoms. The Labute approximate surface area is 200 Å². The maximum atomic E-state index is 13.7. The molecule has 5 nitrogen and oxygen atoms in total. The Morgan fingerprint density at radius 1 is 0.765 bits per heavy atom. The Kier molecular flexibility index (Phi) is 5.70. The van der Waals surface area contributed by atoms with Crippen molar-refractivity contribution in [2.75, 3.05) is 28.2 Å². The van der Waals surface area contributed by atoms with E-state index >= 15 is 0 Å². The summed E-state index contributed by atoms with van der Waals surface area (Å²) in [6, 6.07) is 21.6. The van der Waals surface area contributed by atoms with Crippen LogP contribution in [0.25, 0.3) is 5.57 Å². The molecule has 0 atom stereocenters. The average Bonchev–Trinajstić information content (AvgIpc) is 3.43. The van der Waals surface area contributed by atoms with Gasteiger partial charge < -0.3 is 10.2 Å². The van der Waals surface area contributed by atoms with E-state index in [1.54, 1.807) is 0 Å². The van der Waals surface area contributed by atoms with Crippen LogP contribution in [0.2, 0.25) is 0 Å². The number of amides is 2. The largest absolute Gasteiger partial charge is 0.372 e. The van der Waals surface area contributed by atoms with E-state index in [-0.39, 0.29) is 11.8 Å². The molecule has 0 radical (unpaired) electrons. The molecule has 172 valence electrons. The lowest BCUT2D eigenvalue weighted by atomic mass is 9.97. The second kappa shape index (κ2) is 8.82. The molecular formula is C29H29N3O2. The molecule has 5 rings (SSSR count). The number of hydrogen-bond acceptors (Lipinski definition) is 4. The fraction of sp³-hybridized carbons (Fsp3) is 0.241. The molecule has 2 aliphatic heterocycles. The zero-order chi connectivity index (χ0) is 23.8. The summed E-state index contributed by atoms with van der Waals surface area (Å²) >= 11 is 0. The third-order valence-corrected chi connectivity index (χ3v) is 6.70. The minimum Gasteiger partial charge on any atom is -0.372 e. The molecule has 34 heavy (non-hydrogen) atoms. The van der Waals surface area contributed by atoms with Gasteiger partial charge in [0.1, 0.15) is 5.70 Å². The van der Waals surface area contributed by atoms with Gasteiger partial charge in [-0.25, -0.2) is 4.90 Å². The summed E-state index contributed by atoms with van der Waals surface area (Å²) in [6.45, 7) is 8.06. The van der Waals surface area contributed by atoms with Crippen molar-refractivity contribution in [1.29, 1.82) is 0 Å². The number of nitrogens with zero attached hydrogens (tertiary/aromatic N) is 2. The van der Waals surface area contributed by atoms with Gasteiger partial charge in [-0.3, -0.25) is 9.59 Å². The summed E-state index contributed by atoms with van der Waals surface area (Å²) in [7, 11) is 0. The van der Waals surface area contributed by atoms with Crippen LogP contribution in [0.1, 0.15) is 35.1 Å². The maximum Gasteiger partial charge on any atom is 0.282 e. The molecule has 2 amide bonds. The molecule has 0 saturated carbocycles. The summed E-state index contributed by atoms with van der Waals surface area (Å²) in [5.74, 6) is -0.639. The van der Waals surface area contributed by atoms with Crippen molar-refractivity contribution >= 4 is 34.4 Å². The number of carbonyl (C=O) groups excluding carboxylic acids is 2. The SMILES string of the molecule is Cc1ccc(C2=C(Nc3ccc(N4CCCC4)cc3)C(=O)N(c3ccccc3C)C2=O)c(C)c1. The number of benzene rings is 3. The lowest BCUT2D eigenvalue weighted by molar-refractivity contribution is -0.120. The van der Waals surface area contributed by atoms with E-state index in [0.717, 1.165) is 41.0 Å². The fourth-order valence-electron chi connectivity index (χ4n) is 4.90. The highest BCUT2D eigenvalue weighted by atomic mass is 16.2. The standard InChI is InChI=1S/C29H29N3O2/c1-19-10-15-24(21(3)18-19)26-27(29(34)32(28(26)33)25-9-5-4-8-20(25)2)30-22-11-13-23(14-12-22)31-16-6-7-17-31/h4-5,8-15,18,30H,6-7,16-17H2,1-3H3. The van der Waals surface area contributed by atoms with Gasteiger partial charge in [-0.05, 0) is 80.6 Å². The number of aryl methyl sites for hydroxylation is 3. The molecular weight excluding hydrogens is 422 g/mol. The van der Waals surface area contributed by atoms with E-state index < -0.39 is 0 Å². The van der Waals surface area contributed by atoms with Crippen LogP contribution < -0.4 is 15.1 Å². The quantitative estimate of drug-likeness (QED) is 0.513. The Morgan fingerprint density at radius 3 is 2.15 bits per heavy atom. The molecule has 0 unspecified atom stereocenters. The van der Waals surface area contributed by atoms with Crippen LogP contribution in [0.15, 0.2) is 72.4 Å². The third kappa shape index (κ3) is 3.87. The van der Waals surface area contributed by atoms with Crippen molar-refractivity contribution in [2.45, 2.75) is 33.6 Å². The summed E-state index contributed by atoms with van der Waals surface area (Å²) in [4.78, 5) is 31.1. The van der Waals surface area contributed by atoms with Crippen LogP contribution >= 0.6 is 0 Å². The zero-order valence-corrected chi connectivity index (χ0v) is 19.9. The first-order chi connectivity index (χ1) is 16.4. The Balaban J connectivity index is 1.56. The first-order valence-corrected chi connectivity index (χ1v) is 11.8. The lowest BCUT2D eigenvalue weighted by Gasteiger charge is -2.19. The van der Waals surface area contributed by atoms with Crippen molar-refractivity contribution in [3.05, 3.63) is 94.7 Å². The Hall–Kier alpha value is -3.86. The number of hydrogen-bond donors (Lipinski definition) is 1. The van der Waals surface area contributed by atoms with Gasteiger partial charge in [-0.15, -0.1) is 0 Å². The molecule has 0 spiro atoms. The first kappa shape index (κ1) is 22.0. The minimum absolute atomic E-state index is 0.303. The topological polar surface area (TPSA) is 52.7 Å². The second-order valence-corrected chi connectivity index (χ2v) is 9.17. The third-order valence-electron chi connectivity index (χ3n) is 6.70. The molecule has 2 heterocycles. The molecule has 0 bridgehead atoms. The molecule has 0 aromatic heterocycles. The van der Waals surface area contributed by atoms with E-state index in [9.17, 15) is 9.59 Å². The van der Waals surface area contributed by atoms with Crippen LogP contribution in [-0.2, 0) is 9.59 Å². The van der Waals surface area contributed by atoms with Gasteiger partial charge in [-0.1, -0.05) is 42.0 Å². The summed E-state index contributed by atoms with van der Waals surface area (Å²) < 4.78 is 0. The van der Waals surface area contributed by atoms with E-state index in [2.05, 4.69) is 22.3 Å². The summed E-state index contributed by atoms with van der Waals surface area (Å²) in [5.41, 5.74) is 7.03.